The van der Waals surface area contributed by atoms with Crippen molar-refractivity contribution in [2.24, 2.45) is 23.5 Å². The normalized spacial score (nSPS) is 14.9. The van der Waals surface area contributed by atoms with Crippen LogP contribution in [0.5, 0.6) is 11.5 Å². The fourth-order valence-corrected chi connectivity index (χ4v) is 4.08. The predicted octanol–water partition coefficient (Wildman–Crippen LogP) is 5.67. The lowest BCUT2D eigenvalue weighted by Crippen LogP contribution is -2.52. The van der Waals surface area contributed by atoms with Crippen LogP contribution >= 0.6 is 0 Å². The van der Waals surface area contributed by atoms with Crippen LogP contribution in [-0.2, 0) is 30.3 Å². The van der Waals surface area contributed by atoms with Gasteiger partial charge in [0.05, 0.1) is 18.4 Å². The van der Waals surface area contributed by atoms with Crippen molar-refractivity contribution in [1.82, 2.24) is 0 Å². The van der Waals surface area contributed by atoms with Crippen LogP contribution < -0.4 is 15.2 Å². The first kappa shape index (κ1) is 34.9. The SMILES string of the molecule is CCCC(C)C(=O)Oc1ccc(CC(N)(C[C@H](C)OC(=O)OCCC(C)C)C(=O)O)cc1OC(=O)C(C)CCC. The Morgan fingerprint density at radius 2 is 1.43 bits per heavy atom. The maximum absolute atomic E-state index is 12.7. The Bertz CT molecular complexity index is 993. The molecule has 0 bridgehead atoms. The molecule has 0 aromatic heterocycles. The molecule has 1 rings (SSSR count). The van der Waals surface area contributed by atoms with Gasteiger partial charge in [-0.1, -0.05) is 60.5 Å². The van der Waals surface area contributed by atoms with E-state index in [4.69, 9.17) is 24.7 Å². The summed E-state index contributed by atoms with van der Waals surface area (Å²) >= 11 is 0. The standard InChI is InChI=1S/C30H47NO9/c1-8-10-20(5)26(32)39-24-13-12-23(16-25(24)40-27(33)21(6)11-9-2)18-30(31,28(34)35)17-22(7)38-29(36)37-15-14-19(3)4/h12-13,16,19-22H,8-11,14-15,17-18,31H2,1-7H3,(H,34,35)/t20?,21?,22-,30?/m0/s1. The highest BCUT2D eigenvalue weighted by atomic mass is 16.7. The lowest BCUT2D eigenvalue weighted by molar-refractivity contribution is -0.145. The van der Waals surface area contributed by atoms with Crippen LogP contribution in [0.1, 0.15) is 92.6 Å². The van der Waals surface area contributed by atoms with Crippen molar-refractivity contribution in [3.8, 4) is 11.5 Å². The lowest BCUT2D eigenvalue weighted by Gasteiger charge is -2.28. The predicted molar refractivity (Wildman–Crippen MR) is 150 cm³/mol. The summed E-state index contributed by atoms with van der Waals surface area (Å²) < 4.78 is 21.4. The van der Waals surface area contributed by atoms with Gasteiger partial charge in [-0.25, -0.2) is 4.79 Å². The summed E-state index contributed by atoms with van der Waals surface area (Å²) in [7, 11) is 0. The van der Waals surface area contributed by atoms with Gasteiger partial charge in [0.15, 0.2) is 11.5 Å². The topological polar surface area (TPSA) is 151 Å². The van der Waals surface area contributed by atoms with Crippen LogP contribution in [0.2, 0.25) is 0 Å². The van der Waals surface area contributed by atoms with Gasteiger partial charge in [-0.3, -0.25) is 14.4 Å². The minimum Gasteiger partial charge on any atom is -0.480 e. The smallest absolute Gasteiger partial charge is 0.480 e. The molecule has 40 heavy (non-hydrogen) atoms. The summed E-state index contributed by atoms with van der Waals surface area (Å²) in [4.78, 5) is 49.5. The number of aliphatic carboxylic acids is 1. The summed E-state index contributed by atoms with van der Waals surface area (Å²) in [6, 6.07) is 4.49. The third-order valence-electron chi connectivity index (χ3n) is 6.49. The van der Waals surface area contributed by atoms with E-state index in [9.17, 15) is 24.3 Å². The van der Waals surface area contributed by atoms with E-state index < -0.39 is 35.7 Å². The van der Waals surface area contributed by atoms with Crippen LogP contribution in [-0.4, -0.2) is 47.4 Å². The number of benzene rings is 1. The summed E-state index contributed by atoms with van der Waals surface area (Å²) in [5, 5.41) is 9.96. The Morgan fingerprint density at radius 3 is 1.93 bits per heavy atom. The summed E-state index contributed by atoms with van der Waals surface area (Å²) in [5.41, 5.74) is 4.91. The number of rotatable bonds is 17. The molecule has 3 unspecified atom stereocenters. The lowest BCUT2D eigenvalue weighted by atomic mass is 9.86. The maximum Gasteiger partial charge on any atom is 0.508 e. The Kier molecular flexibility index (Phi) is 14.7. The fourth-order valence-electron chi connectivity index (χ4n) is 4.08. The highest BCUT2D eigenvalue weighted by molar-refractivity contribution is 5.80. The van der Waals surface area contributed by atoms with Gasteiger partial charge in [0.2, 0.25) is 0 Å². The van der Waals surface area contributed by atoms with E-state index in [2.05, 4.69) is 0 Å². The van der Waals surface area contributed by atoms with Crippen molar-refractivity contribution in [1.29, 1.82) is 0 Å². The van der Waals surface area contributed by atoms with Gasteiger partial charge in [0.1, 0.15) is 11.6 Å². The molecule has 0 heterocycles. The first-order chi connectivity index (χ1) is 18.7. The number of carboxylic acid groups (broad SMARTS) is 1. The van der Waals surface area contributed by atoms with E-state index >= 15 is 0 Å². The van der Waals surface area contributed by atoms with E-state index in [1.54, 1.807) is 19.9 Å². The van der Waals surface area contributed by atoms with E-state index in [0.29, 0.717) is 30.7 Å². The molecular formula is C30H47NO9. The molecule has 0 spiro atoms. The molecule has 0 radical (unpaired) electrons. The summed E-state index contributed by atoms with van der Waals surface area (Å²) in [5.74, 6) is -2.57. The van der Waals surface area contributed by atoms with Gasteiger partial charge in [-0.2, -0.15) is 0 Å². The molecule has 3 N–H and O–H groups in total. The van der Waals surface area contributed by atoms with Gasteiger partial charge in [-0.15, -0.1) is 0 Å². The van der Waals surface area contributed by atoms with E-state index in [1.165, 1.54) is 19.1 Å². The molecule has 0 saturated heterocycles. The van der Waals surface area contributed by atoms with Crippen LogP contribution in [0.4, 0.5) is 4.79 Å². The minimum absolute atomic E-state index is 0.00766. The zero-order valence-electron chi connectivity index (χ0n) is 25.0. The first-order valence-electron chi connectivity index (χ1n) is 14.1. The number of hydrogen-bond donors (Lipinski definition) is 2. The van der Waals surface area contributed by atoms with Crippen LogP contribution in [0, 0.1) is 17.8 Å². The number of carbonyl (C=O) groups is 4. The number of carbonyl (C=O) groups excluding carboxylic acids is 3. The number of hydrogen-bond acceptors (Lipinski definition) is 9. The molecule has 1 aromatic carbocycles. The molecule has 0 amide bonds. The average molecular weight is 566 g/mol. The molecule has 1 aromatic rings. The molecular weight excluding hydrogens is 518 g/mol. The van der Waals surface area contributed by atoms with Crippen LogP contribution in [0.3, 0.4) is 0 Å². The van der Waals surface area contributed by atoms with Gasteiger partial charge < -0.3 is 29.8 Å². The van der Waals surface area contributed by atoms with E-state index in [1.807, 2.05) is 27.7 Å². The monoisotopic (exact) mass is 565 g/mol. The van der Waals surface area contributed by atoms with Gasteiger partial charge in [0.25, 0.3) is 0 Å². The first-order valence-corrected chi connectivity index (χ1v) is 14.1. The Morgan fingerprint density at radius 1 is 0.875 bits per heavy atom. The molecule has 0 aliphatic heterocycles. The Hall–Kier alpha value is -3.14. The van der Waals surface area contributed by atoms with Crippen molar-refractivity contribution >= 4 is 24.1 Å². The van der Waals surface area contributed by atoms with E-state index in [-0.39, 0.29) is 42.8 Å². The summed E-state index contributed by atoms with van der Waals surface area (Å²) in [6.45, 7) is 13.1. The quantitative estimate of drug-likeness (QED) is 0.178. The second-order valence-electron chi connectivity index (χ2n) is 11.1. The van der Waals surface area contributed by atoms with Crippen LogP contribution in [0.25, 0.3) is 0 Å². The van der Waals surface area contributed by atoms with Gasteiger partial charge in [-0.05, 0) is 49.8 Å². The van der Waals surface area contributed by atoms with E-state index in [0.717, 1.165) is 12.8 Å². The van der Waals surface area contributed by atoms with Crippen molar-refractivity contribution in [2.75, 3.05) is 6.61 Å². The molecule has 10 heteroatoms. The molecule has 0 aliphatic carbocycles. The van der Waals surface area contributed by atoms with Gasteiger partial charge >= 0.3 is 24.1 Å². The third-order valence-corrected chi connectivity index (χ3v) is 6.49. The number of carboxylic acids is 1. The molecule has 10 nitrogen and oxygen atoms in total. The van der Waals surface area contributed by atoms with Crippen molar-refractivity contribution < 1.29 is 43.2 Å². The zero-order chi connectivity index (χ0) is 30.5. The van der Waals surface area contributed by atoms with Crippen molar-refractivity contribution in [2.45, 2.75) is 105 Å². The number of esters is 2. The average Bonchev–Trinajstić information content (AvgIpc) is 2.85. The van der Waals surface area contributed by atoms with Crippen molar-refractivity contribution in [3.63, 3.8) is 0 Å². The number of ether oxygens (including phenoxy) is 4. The van der Waals surface area contributed by atoms with Crippen LogP contribution in [0.15, 0.2) is 18.2 Å². The molecule has 4 atom stereocenters. The maximum atomic E-state index is 12.7. The minimum atomic E-state index is -1.82. The Balaban J connectivity index is 3.16. The van der Waals surface area contributed by atoms with Crippen molar-refractivity contribution in [3.05, 3.63) is 23.8 Å². The highest BCUT2D eigenvalue weighted by Gasteiger charge is 2.37. The molecule has 0 saturated carbocycles. The van der Waals surface area contributed by atoms with Gasteiger partial charge in [0, 0.05) is 12.8 Å². The largest absolute Gasteiger partial charge is 0.508 e. The molecule has 226 valence electrons. The summed E-state index contributed by atoms with van der Waals surface area (Å²) in [6.07, 6.45) is 1.41. The fraction of sp³-hybridized carbons (Fsp3) is 0.667. The zero-order valence-corrected chi connectivity index (χ0v) is 25.0. The second kappa shape index (κ2) is 16.8. The Labute approximate surface area is 237 Å². The highest BCUT2D eigenvalue weighted by Crippen LogP contribution is 2.32. The number of nitrogens with two attached hydrogens (primary N) is 1. The second-order valence-corrected chi connectivity index (χ2v) is 11.1. The third kappa shape index (κ3) is 11.9. The molecule has 0 aliphatic rings. The molecule has 0 fully saturated rings.